The van der Waals surface area contributed by atoms with E-state index in [1.807, 2.05) is 0 Å². The lowest BCUT2D eigenvalue weighted by Gasteiger charge is -2.17. The van der Waals surface area contributed by atoms with Gasteiger partial charge in [-0.15, -0.1) is 0 Å². The zero-order valence-corrected chi connectivity index (χ0v) is 8.09. The summed E-state index contributed by atoms with van der Waals surface area (Å²) < 4.78 is 5.77. The van der Waals surface area contributed by atoms with Crippen LogP contribution < -0.4 is 15.8 Å². The van der Waals surface area contributed by atoms with Crippen LogP contribution in [0.3, 0.4) is 0 Å². The third kappa shape index (κ3) is 1.44. The van der Waals surface area contributed by atoms with Gasteiger partial charge in [0.25, 0.3) is 5.91 Å². The highest BCUT2D eigenvalue weighted by molar-refractivity contribution is 9.10. The van der Waals surface area contributed by atoms with Crippen LogP contribution >= 0.6 is 15.9 Å². The van der Waals surface area contributed by atoms with Crippen molar-refractivity contribution in [3.05, 3.63) is 10.5 Å². The zero-order valence-electron chi connectivity index (χ0n) is 6.50. The summed E-state index contributed by atoms with van der Waals surface area (Å²) in [6.07, 6.45) is 0. The molecule has 6 heteroatoms. The molecule has 1 aromatic heterocycles. The molecule has 2 heterocycles. The number of hydrogen-bond acceptors (Lipinski definition) is 4. The molecule has 0 radical (unpaired) electrons. The lowest BCUT2D eigenvalue weighted by Crippen LogP contribution is -2.26. The van der Waals surface area contributed by atoms with Gasteiger partial charge >= 0.3 is 0 Å². The van der Waals surface area contributed by atoms with Gasteiger partial charge in [0.05, 0.1) is 4.47 Å². The fourth-order valence-electron chi connectivity index (χ4n) is 0.997. The first-order valence-corrected chi connectivity index (χ1v) is 4.35. The number of rotatable bonds is 0. The number of aromatic nitrogens is 1. The van der Waals surface area contributed by atoms with Gasteiger partial charge in [0, 0.05) is 6.07 Å². The van der Waals surface area contributed by atoms with Crippen molar-refractivity contribution < 1.29 is 9.53 Å². The molecule has 3 N–H and O–H groups in total. The SMILES string of the molecule is Nc1nc2c(cc1Br)OCC(=O)N2. The van der Waals surface area contributed by atoms with Gasteiger partial charge in [0.15, 0.2) is 18.2 Å². The van der Waals surface area contributed by atoms with E-state index in [1.54, 1.807) is 6.07 Å². The third-order valence-electron chi connectivity index (χ3n) is 1.58. The van der Waals surface area contributed by atoms with E-state index in [0.29, 0.717) is 21.9 Å². The molecule has 0 saturated carbocycles. The summed E-state index contributed by atoms with van der Waals surface area (Å²) in [5.41, 5.74) is 5.52. The van der Waals surface area contributed by atoms with E-state index in [1.165, 1.54) is 0 Å². The second-order valence-electron chi connectivity index (χ2n) is 2.54. The molecule has 0 saturated heterocycles. The molecule has 2 rings (SSSR count). The fourth-order valence-corrected chi connectivity index (χ4v) is 1.29. The summed E-state index contributed by atoms with van der Waals surface area (Å²) in [5, 5.41) is 2.55. The zero-order chi connectivity index (χ0) is 9.42. The molecule has 0 fully saturated rings. The maximum absolute atomic E-state index is 10.9. The van der Waals surface area contributed by atoms with Gasteiger partial charge < -0.3 is 15.8 Å². The molecule has 1 aliphatic heterocycles. The molecule has 0 atom stereocenters. The molecule has 0 bridgehead atoms. The predicted molar refractivity (Wildman–Crippen MR) is 50.5 cm³/mol. The Morgan fingerprint density at radius 2 is 2.46 bits per heavy atom. The summed E-state index contributed by atoms with van der Waals surface area (Å²) in [5.74, 6) is 1.00. The first-order chi connectivity index (χ1) is 6.16. The average molecular weight is 244 g/mol. The Morgan fingerprint density at radius 1 is 1.69 bits per heavy atom. The van der Waals surface area contributed by atoms with Gasteiger partial charge in [-0.05, 0) is 15.9 Å². The van der Waals surface area contributed by atoms with E-state index in [4.69, 9.17) is 10.5 Å². The summed E-state index contributed by atoms with van der Waals surface area (Å²) >= 11 is 3.21. The molecule has 0 aliphatic carbocycles. The number of anilines is 2. The first kappa shape index (κ1) is 8.31. The molecular formula is C7H6BrN3O2. The van der Waals surface area contributed by atoms with Crippen LogP contribution in [-0.4, -0.2) is 17.5 Å². The molecular weight excluding hydrogens is 238 g/mol. The number of nitrogen functional groups attached to an aromatic ring is 1. The minimum atomic E-state index is -0.221. The molecule has 1 amide bonds. The van der Waals surface area contributed by atoms with E-state index in [2.05, 4.69) is 26.2 Å². The predicted octanol–water partition coefficient (Wildman–Crippen LogP) is 0.757. The number of fused-ring (bicyclic) bond motifs is 1. The Morgan fingerprint density at radius 3 is 3.23 bits per heavy atom. The highest BCUT2D eigenvalue weighted by Crippen LogP contribution is 2.31. The van der Waals surface area contributed by atoms with Gasteiger partial charge in [0.1, 0.15) is 5.82 Å². The minimum absolute atomic E-state index is 0.0189. The minimum Gasteiger partial charge on any atom is -0.480 e. The summed E-state index contributed by atoms with van der Waals surface area (Å²) in [6.45, 7) is 0.0189. The lowest BCUT2D eigenvalue weighted by molar-refractivity contribution is -0.118. The highest BCUT2D eigenvalue weighted by atomic mass is 79.9. The smallest absolute Gasteiger partial charge is 0.263 e. The van der Waals surface area contributed by atoms with Gasteiger partial charge in [-0.2, -0.15) is 0 Å². The number of carbonyl (C=O) groups excluding carboxylic acids is 1. The van der Waals surface area contributed by atoms with E-state index in [9.17, 15) is 4.79 Å². The van der Waals surface area contributed by atoms with E-state index in [0.717, 1.165) is 0 Å². The van der Waals surface area contributed by atoms with Crippen molar-refractivity contribution in [2.24, 2.45) is 0 Å². The highest BCUT2D eigenvalue weighted by Gasteiger charge is 2.18. The van der Waals surface area contributed by atoms with Crippen LogP contribution in [0.25, 0.3) is 0 Å². The normalized spacial score (nSPS) is 14.4. The number of nitrogens with zero attached hydrogens (tertiary/aromatic N) is 1. The molecule has 13 heavy (non-hydrogen) atoms. The third-order valence-corrected chi connectivity index (χ3v) is 2.22. The van der Waals surface area contributed by atoms with E-state index >= 15 is 0 Å². The number of amides is 1. The van der Waals surface area contributed by atoms with Crippen molar-refractivity contribution in [1.29, 1.82) is 0 Å². The Balaban J connectivity index is 2.49. The Hall–Kier alpha value is -1.30. The monoisotopic (exact) mass is 243 g/mol. The second kappa shape index (κ2) is 2.88. The standard InChI is InChI=1S/C7H6BrN3O2/c8-3-1-4-7(11-6(3)9)10-5(12)2-13-4/h1H,2H2,(H3,9,10,11,12). The van der Waals surface area contributed by atoms with Gasteiger partial charge in [0.2, 0.25) is 0 Å². The number of halogens is 1. The van der Waals surface area contributed by atoms with Crippen LogP contribution in [0.15, 0.2) is 10.5 Å². The van der Waals surface area contributed by atoms with Crippen molar-refractivity contribution >= 4 is 33.5 Å². The van der Waals surface area contributed by atoms with Gasteiger partial charge in [-0.25, -0.2) is 4.98 Å². The summed E-state index contributed by atoms with van der Waals surface area (Å²) in [7, 11) is 0. The molecule has 1 aliphatic rings. The molecule has 5 nitrogen and oxygen atoms in total. The molecule has 1 aromatic rings. The topological polar surface area (TPSA) is 77.2 Å². The second-order valence-corrected chi connectivity index (χ2v) is 3.39. The number of ether oxygens (including phenoxy) is 1. The van der Waals surface area contributed by atoms with Crippen LogP contribution in [0.2, 0.25) is 0 Å². The van der Waals surface area contributed by atoms with Crippen LogP contribution in [0, 0.1) is 0 Å². The number of hydrogen-bond donors (Lipinski definition) is 2. The first-order valence-electron chi connectivity index (χ1n) is 3.55. The molecule has 0 spiro atoms. The van der Waals surface area contributed by atoms with Crippen molar-refractivity contribution in [2.45, 2.75) is 0 Å². The summed E-state index contributed by atoms with van der Waals surface area (Å²) in [4.78, 5) is 14.8. The Bertz CT molecular complexity index is 380. The van der Waals surface area contributed by atoms with E-state index in [-0.39, 0.29) is 12.5 Å². The quantitative estimate of drug-likeness (QED) is 0.706. The van der Waals surface area contributed by atoms with E-state index < -0.39 is 0 Å². The Labute approximate surface area is 82.4 Å². The number of carbonyl (C=O) groups is 1. The van der Waals surface area contributed by atoms with Crippen molar-refractivity contribution in [1.82, 2.24) is 4.98 Å². The largest absolute Gasteiger partial charge is 0.480 e. The Kier molecular flexibility index (Phi) is 1.84. The molecule has 0 unspecified atom stereocenters. The molecule has 0 aromatic carbocycles. The maximum Gasteiger partial charge on any atom is 0.263 e. The van der Waals surface area contributed by atoms with Crippen molar-refractivity contribution in [2.75, 3.05) is 17.7 Å². The van der Waals surface area contributed by atoms with Crippen LogP contribution in [0.4, 0.5) is 11.6 Å². The van der Waals surface area contributed by atoms with Crippen molar-refractivity contribution in [3.63, 3.8) is 0 Å². The molecule has 68 valence electrons. The number of nitrogens with two attached hydrogens (primary N) is 1. The number of pyridine rings is 1. The summed E-state index contributed by atoms with van der Waals surface area (Å²) in [6, 6.07) is 1.68. The van der Waals surface area contributed by atoms with Gasteiger partial charge in [-0.1, -0.05) is 0 Å². The van der Waals surface area contributed by atoms with Crippen LogP contribution in [-0.2, 0) is 4.79 Å². The van der Waals surface area contributed by atoms with Crippen molar-refractivity contribution in [3.8, 4) is 5.75 Å². The number of nitrogens with one attached hydrogen (secondary N) is 1. The van der Waals surface area contributed by atoms with Crippen LogP contribution in [0.5, 0.6) is 5.75 Å². The lowest BCUT2D eigenvalue weighted by atomic mass is 10.3. The van der Waals surface area contributed by atoms with Gasteiger partial charge in [-0.3, -0.25) is 4.79 Å². The average Bonchev–Trinajstić information content (AvgIpc) is 2.08. The fraction of sp³-hybridized carbons (Fsp3) is 0.143. The maximum atomic E-state index is 10.9. The van der Waals surface area contributed by atoms with Crippen LogP contribution in [0.1, 0.15) is 0 Å².